The van der Waals surface area contributed by atoms with Crippen molar-refractivity contribution in [2.24, 2.45) is 0 Å². The lowest BCUT2D eigenvalue weighted by Gasteiger charge is -2.29. The van der Waals surface area contributed by atoms with Gasteiger partial charge in [0.15, 0.2) is 0 Å². The maximum atomic E-state index is 6.22. The normalized spacial score (nSPS) is 15.3. The summed E-state index contributed by atoms with van der Waals surface area (Å²) >= 11 is 6.22. The van der Waals surface area contributed by atoms with Crippen LogP contribution < -0.4 is 10.2 Å². The van der Waals surface area contributed by atoms with Crippen molar-refractivity contribution in [1.29, 1.82) is 0 Å². The molecule has 0 radical (unpaired) electrons. The molecule has 2 rings (SSSR count). The van der Waals surface area contributed by atoms with Gasteiger partial charge in [0.25, 0.3) is 0 Å². The largest absolute Gasteiger partial charge is 0.368 e. The first-order valence-corrected chi connectivity index (χ1v) is 8.58. The van der Waals surface area contributed by atoms with Crippen molar-refractivity contribution in [2.75, 3.05) is 11.4 Å². The van der Waals surface area contributed by atoms with E-state index < -0.39 is 0 Å². The van der Waals surface area contributed by atoms with Crippen molar-refractivity contribution in [3.05, 3.63) is 28.8 Å². The molecule has 1 aliphatic rings. The van der Waals surface area contributed by atoms with Gasteiger partial charge in [-0.3, -0.25) is 0 Å². The lowest BCUT2D eigenvalue weighted by atomic mass is 10.1. The van der Waals surface area contributed by atoms with Gasteiger partial charge in [0.1, 0.15) is 0 Å². The molecule has 0 saturated heterocycles. The number of nitrogens with one attached hydrogen (secondary N) is 1. The van der Waals surface area contributed by atoms with E-state index in [4.69, 9.17) is 11.6 Å². The number of halogens is 1. The van der Waals surface area contributed by atoms with E-state index >= 15 is 0 Å². The predicted molar refractivity (Wildman–Crippen MR) is 93.3 cm³/mol. The van der Waals surface area contributed by atoms with Gasteiger partial charge in [-0.05, 0) is 63.8 Å². The van der Waals surface area contributed by atoms with Crippen LogP contribution in [0.15, 0.2) is 18.2 Å². The minimum absolute atomic E-state index is 0.118. The smallest absolute Gasteiger partial charge is 0.0415 e. The van der Waals surface area contributed by atoms with E-state index in [0.717, 1.165) is 24.2 Å². The van der Waals surface area contributed by atoms with Crippen LogP contribution in [-0.4, -0.2) is 18.1 Å². The molecule has 0 aliphatic heterocycles. The van der Waals surface area contributed by atoms with E-state index in [2.05, 4.69) is 50.0 Å². The van der Waals surface area contributed by atoms with Gasteiger partial charge in [-0.15, -0.1) is 0 Å². The first-order valence-electron chi connectivity index (χ1n) is 8.21. The molecule has 1 aromatic rings. The van der Waals surface area contributed by atoms with Crippen molar-refractivity contribution in [3.8, 4) is 0 Å². The monoisotopic (exact) mass is 308 g/mol. The molecular formula is C18H29ClN2. The van der Waals surface area contributed by atoms with E-state index in [9.17, 15) is 0 Å². The lowest BCUT2D eigenvalue weighted by molar-refractivity contribution is 0.424. The quantitative estimate of drug-likeness (QED) is 0.762. The summed E-state index contributed by atoms with van der Waals surface area (Å²) in [7, 11) is 0. The van der Waals surface area contributed by atoms with E-state index in [0.29, 0.717) is 0 Å². The highest BCUT2D eigenvalue weighted by atomic mass is 35.5. The third-order valence-electron chi connectivity index (χ3n) is 3.90. The second kappa shape index (κ2) is 7.02. The molecule has 1 fully saturated rings. The van der Waals surface area contributed by atoms with Gasteiger partial charge in [-0.25, -0.2) is 0 Å². The summed E-state index contributed by atoms with van der Waals surface area (Å²) in [5, 5.41) is 4.42. The Morgan fingerprint density at radius 3 is 2.57 bits per heavy atom. The maximum absolute atomic E-state index is 6.22. The number of anilines is 1. The van der Waals surface area contributed by atoms with Gasteiger partial charge in [0.05, 0.1) is 0 Å². The van der Waals surface area contributed by atoms with Crippen LogP contribution in [0.25, 0.3) is 0 Å². The molecule has 2 nitrogen and oxygen atoms in total. The van der Waals surface area contributed by atoms with Crippen molar-refractivity contribution in [2.45, 2.75) is 71.5 Å². The molecule has 0 bridgehead atoms. The highest BCUT2D eigenvalue weighted by molar-refractivity contribution is 6.30. The Kier molecular flexibility index (Phi) is 5.56. The van der Waals surface area contributed by atoms with E-state index in [1.54, 1.807) is 0 Å². The number of hydrogen-bond acceptors (Lipinski definition) is 2. The number of nitrogens with zero attached hydrogens (tertiary/aromatic N) is 1. The standard InChI is InChI=1S/C18H29ClN2/c1-5-6-11-21(16-8-9-16)17-10-7-15(19)12-14(17)13-20-18(2,3)4/h7,10,12,16,20H,5-6,8-9,11,13H2,1-4H3. The molecule has 0 aromatic heterocycles. The van der Waals surface area contributed by atoms with E-state index in [1.165, 1.54) is 36.9 Å². The summed E-state index contributed by atoms with van der Waals surface area (Å²) in [5.41, 5.74) is 2.81. The minimum atomic E-state index is 0.118. The summed E-state index contributed by atoms with van der Waals surface area (Å²) in [4.78, 5) is 2.60. The Morgan fingerprint density at radius 2 is 2.00 bits per heavy atom. The van der Waals surface area contributed by atoms with Crippen LogP contribution in [0.5, 0.6) is 0 Å². The number of rotatable bonds is 7. The number of hydrogen-bond donors (Lipinski definition) is 1. The van der Waals surface area contributed by atoms with Crippen molar-refractivity contribution in [3.63, 3.8) is 0 Å². The molecule has 0 unspecified atom stereocenters. The maximum Gasteiger partial charge on any atom is 0.0415 e. The predicted octanol–water partition coefficient (Wildman–Crippen LogP) is 5.00. The molecule has 3 heteroatoms. The summed E-state index contributed by atoms with van der Waals surface area (Å²) < 4.78 is 0. The summed E-state index contributed by atoms with van der Waals surface area (Å²) in [6.07, 6.45) is 5.16. The molecule has 1 aromatic carbocycles. The molecule has 0 atom stereocenters. The molecule has 21 heavy (non-hydrogen) atoms. The van der Waals surface area contributed by atoms with E-state index in [1.807, 2.05) is 6.07 Å². The van der Waals surface area contributed by atoms with Gasteiger partial charge in [0, 0.05) is 35.4 Å². The molecule has 0 heterocycles. The Hall–Kier alpha value is -0.730. The van der Waals surface area contributed by atoms with Crippen LogP contribution in [0.4, 0.5) is 5.69 Å². The summed E-state index contributed by atoms with van der Waals surface area (Å²) in [6, 6.07) is 7.09. The fourth-order valence-electron chi connectivity index (χ4n) is 2.55. The fourth-order valence-corrected chi connectivity index (χ4v) is 2.75. The zero-order chi connectivity index (χ0) is 15.5. The van der Waals surface area contributed by atoms with Crippen LogP contribution in [0.3, 0.4) is 0 Å². The third-order valence-corrected chi connectivity index (χ3v) is 4.14. The summed E-state index contributed by atoms with van der Waals surface area (Å²) in [6.45, 7) is 10.9. The second-order valence-electron chi connectivity index (χ2n) is 7.15. The van der Waals surface area contributed by atoms with Gasteiger partial charge in [0.2, 0.25) is 0 Å². The SMILES string of the molecule is CCCCN(c1ccc(Cl)cc1CNC(C)(C)C)C1CC1. The molecule has 1 aliphatic carbocycles. The molecular weight excluding hydrogens is 280 g/mol. The Balaban J connectivity index is 2.19. The average Bonchev–Trinajstić information content (AvgIpc) is 3.22. The van der Waals surface area contributed by atoms with Crippen LogP contribution in [-0.2, 0) is 6.54 Å². The lowest BCUT2D eigenvalue weighted by Crippen LogP contribution is -2.36. The Bertz CT molecular complexity index is 461. The first kappa shape index (κ1) is 16.6. The highest BCUT2D eigenvalue weighted by Gasteiger charge is 2.30. The molecule has 0 spiro atoms. The highest BCUT2D eigenvalue weighted by Crippen LogP contribution is 2.35. The average molecular weight is 309 g/mol. The van der Waals surface area contributed by atoms with Gasteiger partial charge in [-0.1, -0.05) is 24.9 Å². The van der Waals surface area contributed by atoms with Crippen LogP contribution in [0.1, 0.15) is 58.9 Å². The van der Waals surface area contributed by atoms with Crippen LogP contribution >= 0.6 is 11.6 Å². The first-order chi connectivity index (χ1) is 9.90. The topological polar surface area (TPSA) is 15.3 Å². The molecule has 1 saturated carbocycles. The van der Waals surface area contributed by atoms with Gasteiger partial charge in [-0.2, -0.15) is 0 Å². The van der Waals surface area contributed by atoms with Gasteiger partial charge >= 0.3 is 0 Å². The van der Waals surface area contributed by atoms with Crippen molar-refractivity contribution < 1.29 is 0 Å². The van der Waals surface area contributed by atoms with Crippen LogP contribution in [0.2, 0.25) is 5.02 Å². The second-order valence-corrected chi connectivity index (χ2v) is 7.59. The van der Waals surface area contributed by atoms with Crippen molar-refractivity contribution >= 4 is 17.3 Å². The zero-order valence-corrected chi connectivity index (χ0v) is 14.6. The number of unbranched alkanes of at least 4 members (excludes halogenated alkanes) is 1. The molecule has 1 N–H and O–H groups in total. The zero-order valence-electron chi connectivity index (χ0n) is 13.9. The Morgan fingerprint density at radius 1 is 1.29 bits per heavy atom. The van der Waals surface area contributed by atoms with Crippen LogP contribution in [0, 0.1) is 0 Å². The minimum Gasteiger partial charge on any atom is -0.368 e. The van der Waals surface area contributed by atoms with Gasteiger partial charge < -0.3 is 10.2 Å². The third kappa shape index (κ3) is 5.19. The fraction of sp³-hybridized carbons (Fsp3) is 0.667. The van der Waals surface area contributed by atoms with E-state index in [-0.39, 0.29) is 5.54 Å². The van der Waals surface area contributed by atoms with Crippen molar-refractivity contribution in [1.82, 2.24) is 5.32 Å². The summed E-state index contributed by atoms with van der Waals surface area (Å²) in [5.74, 6) is 0. The molecule has 118 valence electrons. The molecule has 0 amide bonds. The Labute approximate surface area is 134 Å². The number of benzene rings is 1.